The van der Waals surface area contributed by atoms with E-state index < -0.39 is 11.6 Å². The van der Waals surface area contributed by atoms with Crippen LogP contribution in [0.4, 0.5) is 8.78 Å². The number of aromatic nitrogens is 1. The maximum atomic E-state index is 13.3. The summed E-state index contributed by atoms with van der Waals surface area (Å²) in [6.07, 6.45) is 1.42. The van der Waals surface area contributed by atoms with Crippen molar-refractivity contribution in [1.82, 2.24) is 4.98 Å². The Morgan fingerprint density at radius 1 is 1.20 bits per heavy atom. The third kappa shape index (κ3) is 2.13. The minimum absolute atomic E-state index is 0.121. The van der Waals surface area contributed by atoms with Gasteiger partial charge in [0.05, 0.1) is 0 Å². The molecule has 4 heteroatoms. The van der Waals surface area contributed by atoms with Crippen LogP contribution in [0.1, 0.15) is 0 Å². The maximum absolute atomic E-state index is 13.3. The van der Waals surface area contributed by atoms with Gasteiger partial charge in [-0.05, 0) is 29.8 Å². The Bertz CT molecular complexity index is 500. The van der Waals surface area contributed by atoms with E-state index in [9.17, 15) is 8.78 Å². The first kappa shape index (κ1) is 10.1. The van der Waals surface area contributed by atoms with Crippen molar-refractivity contribution in [1.29, 1.82) is 0 Å². The van der Waals surface area contributed by atoms with Crippen molar-refractivity contribution in [2.45, 2.75) is 0 Å². The van der Waals surface area contributed by atoms with E-state index in [0.717, 1.165) is 18.2 Å². The van der Waals surface area contributed by atoms with Crippen molar-refractivity contribution < 1.29 is 8.78 Å². The molecule has 0 saturated carbocycles. The molecule has 1 radical (unpaired) electrons. The van der Waals surface area contributed by atoms with Gasteiger partial charge in [0.2, 0.25) is 0 Å². The third-order valence-corrected chi connectivity index (χ3v) is 2.08. The van der Waals surface area contributed by atoms with E-state index >= 15 is 0 Å². The Labute approximate surface area is 90.3 Å². The van der Waals surface area contributed by atoms with E-state index in [4.69, 9.17) is 11.6 Å². The second-order valence-electron chi connectivity index (χ2n) is 2.90. The normalized spacial score (nSPS) is 10.3. The molecule has 0 bridgehead atoms. The summed E-state index contributed by atoms with van der Waals surface area (Å²) in [5, 5.41) is 0.121. The predicted molar refractivity (Wildman–Crippen MR) is 53.4 cm³/mol. The molecule has 0 aliphatic carbocycles. The highest BCUT2D eigenvalue weighted by Crippen LogP contribution is 2.24. The quantitative estimate of drug-likeness (QED) is 0.676. The first-order chi connectivity index (χ1) is 7.16. The Morgan fingerprint density at radius 2 is 2.00 bits per heavy atom. The molecule has 0 spiro atoms. The molecule has 0 aliphatic rings. The van der Waals surface area contributed by atoms with E-state index in [-0.39, 0.29) is 10.7 Å². The van der Waals surface area contributed by atoms with Crippen molar-refractivity contribution in [3.8, 4) is 11.1 Å². The minimum atomic E-state index is -0.519. The molecule has 1 aromatic heterocycles. The van der Waals surface area contributed by atoms with Gasteiger partial charge in [0, 0.05) is 17.8 Å². The first-order valence-corrected chi connectivity index (χ1v) is 4.54. The largest absolute Gasteiger partial charge is 0.244 e. The van der Waals surface area contributed by atoms with Crippen molar-refractivity contribution in [3.05, 3.63) is 53.3 Å². The zero-order valence-electron chi connectivity index (χ0n) is 7.47. The summed E-state index contributed by atoms with van der Waals surface area (Å²) in [4.78, 5) is 3.71. The topological polar surface area (TPSA) is 12.9 Å². The van der Waals surface area contributed by atoms with Crippen molar-refractivity contribution in [2.75, 3.05) is 0 Å². The molecule has 0 amide bonds. The second kappa shape index (κ2) is 3.95. The highest BCUT2D eigenvalue weighted by molar-refractivity contribution is 6.29. The van der Waals surface area contributed by atoms with Crippen LogP contribution in [0.15, 0.2) is 30.5 Å². The zero-order valence-corrected chi connectivity index (χ0v) is 8.22. The summed E-state index contributed by atoms with van der Waals surface area (Å²) in [6, 6.07) is 7.37. The van der Waals surface area contributed by atoms with Crippen LogP contribution >= 0.6 is 11.6 Å². The number of pyridine rings is 1. The van der Waals surface area contributed by atoms with Crippen molar-refractivity contribution >= 4 is 11.6 Å². The summed E-state index contributed by atoms with van der Waals surface area (Å²) in [5.74, 6) is -1.03. The van der Waals surface area contributed by atoms with Gasteiger partial charge in [-0.25, -0.2) is 13.8 Å². The predicted octanol–water partition coefficient (Wildman–Crippen LogP) is 3.48. The second-order valence-corrected chi connectivity index (χ2v) is 3.26. The minimum Gasteiger partial charge on any atom is -0.244 e. The monoisotopic (exact) mass is 224 g/mol. The van der Waals surface area contributed by atoms with Gasteiger partial charge in [0.25, 0.3) is 0 Å². The van der Waals surface area contributed by atoms with Gasteiger partial charge in [-0.2, -0.15) is 0 Å². The Hall–Kier alpha value is -1.48. The first-order valence-electron chi connectivity index (χ1n) is 4.16. The van der Waals surface area contributed by atoms with Crippen LogP contribution in [0.5, 0.6) is 0 Å². The molecule has 15 heavy (non-hydrogen) atoms. The van der Waals surface area contributed by atoms with E-state index in [1.165, 1.54) is 12.3 Å². The molecule has 0 fully saturated rings. The number of benzene rings is 1. The molecule has 1 aromatic carbocycles. The lowest BCUT2D eigenvalue weighted by Crippen LogP contribution is -1.87. The Kier molecular flexibility index (Phi) is 2.64. The van der Waals surface area contributed by atoms with Crippen LogP contribution in [-0.4, -0.2) is 4.98 Å². The van der Waals surface area contributed by atoms with Gasteiger partial charge in [0.15, 0.2) is 0 Å². The SMILES string of the molecule is Fc1ccc(F)c(-c2[c]c(Cl)ncc2)c1. The Balaban J connectivity index is 2.58. The molecular weight excluding hydrogens is 220 g/mol. The number of nitrogens with zero attached hydrogens (tertiary/aromatic N) is 1. The molecule has 75 valence electrons. The molecule has 0 aliphatic heterocycles. The molecule has 0 N–H and O–H groups in total. The molecule has 1 heterocycles. The van der Waals surface area contributed by atoms with Crippen LogP contribution in [0.2, 0.25) is 5.15 Å². The fraction of sp³-hybridized carbons (Fsp3) is 0. The summed E-state index contributed by atoms with van der Waals surface area (Å²) in [6.45, 7) is 0. The number of halogens is 3. The van der Waals surface area contributed by atoms with Gasteiger partial charge in [-0.1, -0.05) is 11.6 Å². The fourth-order valence-electron chi connectivity index (χ4n) is 1.22. The summed E-state index contributed by atoms with van der Waals surface area (Å²) < 4.78 is 26.2. The van der Waals surface area contributed by atoms with Gasteiger partial charge < -0.3 is 0 Å². The van der Waals surface area contributed by atoms with Crippen LogP contribution in [0.25, 0.3) is 11.1 Å². The fourth-order valence-corrected chi connectivity index (χ4v) is 1.38. The average molecular weight is 225 g/mol. The van der Waals surface area contributed by atoms with Crippen molar-refractivity contribution in [3.63, 3.8) is 0 Å². The lowest BCUT2D eigenvalue weighted by Gasteiger charge is -2.02. The standard InChI is InChI=1S/C11H5ClF2N/c12-11-5-7(3-4-15-11)9-6-8(13)1-2-10(9)14/h1-4,6H. The zero-order chi connectivity index (χ0) is 10.8. The highest BCUT2D eigenvalue weighted by atomic mass is 35.5. The number of rotatable bonds is 1. The molecule has 2 aromatic rings. The molecule has 0 atom stereocenters. The van der Waals surface area contributed by atoms with E-state index in [1.54, 1.807) is 0 Å². The Morgan fingerprint density at radius 3 is 2.73 bits per heavy atom. The molecule has 2 rings (SSSR count). The van der Waals surface area contributed by atoms with E-state index in [1.807, 2.05) is 0 Å². The third-order valence-electron chi connectivity index (χ3n) is 1.89. The van der Waals surface area contributed by atoms with Crippen LogP contribution in [0, 0.1) is 17.7 Å². The van der Waals surface area contributed by atoms with E-state index in [2.05, 4.69) is 11.1 Å². The van der Waals surface area contributed by atoms with Gasteiger partial charge in [-0.3, -0.25) is 0 Å². The van der Waals surface area contributed by atoms with Gasteiger partial charge >= 0.3 is 0 Å². The molecule has 1 nitrogen and oxygen atoms in total. The van der Waals surface area contributed by atoms with Crippen molar-refractivity contribution in [2.24, 2.45) is 0 Å². The van der Waals surface area contributed by atoms with Gasteiger partial charge in [-0.15, -0.1) is 0 Å². The lowest BCUT2D eigenvalue weighted by molar-refractivity contribution is 0.603. The van der Waals surface area contributed by atoms with Crippen LogP contribution in [0.3, 0.4) is 0 Å². The summed E-state index contributed by atoms with van der Waals surface area (Å²) in [7, 11) is 0. The smallest absolute Gasteiger partial charge is 0.137 e. The number of hydrogen-bond donors (Lipinski definition) is 0. The summed E-state index contributed by atoms with van der Waals surface area (Å²) in [5.41, 5.74) is 0.506. The highest BCUT2D eigenvalue weighted by Gasteiger charge is 2.07. The summed E-state index contributed by atoms with van der Waals surface area (Å²) >= 11 is 5.60. The molecule has 0 unspecified atom stereocenters. The molecule has 0 saturated heterocycles. The lowest BCUT2D eigenvalue weighted by atomic mass is 10.1. The molecular formula is C11H5ClF2N. The number of hydrogen-bond acceptors (Lipinski definition) is 1. The maximum Gasteiger partial charge on any atom is 0.137 e. The van der Waals surface area contributed by atoms with Gasteiger partial charge in [0.1, 0.15) is 16.8 Å². The average Bonchev–Trinajstić information content (AvgIpc) is 2.22. The van der Waals surface area contributed by atoms with E-state index in [0.29, 0.717) is 5.56 Å². The van der Waals surface area contributed by atoms with Crippen LogP contribution < -0.4 is 0 Å². The van der Waals surface area contributed by atoms with Crippen LogP contribution in [-0.2, 0) is 0 Å².